The lowest BCUT2D eigenvalue weighted by Gasteiger charge is -2.18. The molecule has 0 aliphatic carbocycles. The van der Waals surface area contributed by atoms with Gasteiger partial charge in [-0.2, -0.15) is 5.10 Å². The highest BCUT2D eigenvalue weighted by molar-refractivity contribution is 6.33. The quantitative estimate of drug-likeness (QED) is 0.731. The SMILES string of the molecule is COC(=O)[C@H](CC(C)C)NC(=O)Cn1nc(-c2ccccc2Cl)ccc1=O. The fourth-order valence-corrected chi connectivity index (χ4v) is 2.81. The molecule has 0 aliphatic rings. The number of ether oxygens (including phenoxy) is 1. The van der Waals surface area contributed by atoms with Crippen LogP contribution in [-0.4, -0.2) is 34.8 Å². The van der Waals surface area contributed by atoms with E-state index in [0.717, 1.165) is 4.68 Å². The zero-order chi connectivity index (χ0) is 20.0. The van der Waals surface area contributed by atoms with Crippen LogP contribution in [0.25, 0.3) is 11.3 Å². The van der Waals surface area contributed by atoms with Crippen LogP contribution in [0.2, 0.25) is 5.02 Å². The van der Waals surface area contributed by atoms with Crippen LogP contribution in [0.3, 0.4) is 0 Å². The number of aromatic nitrogens is 2. The maximum Gasteiger partial charge on any atom is 0.328 e. The van der Waals surface area contributed by atoms with Gasteiger partial charge in [0.05, 0.1) is 17.8 Å². The van der Waals surface area contributed by atoms with Gasteiger partial charge in [0.2, 0.25) is 5.91 Å². The van der Waals surface area contributed by atoms with Crippen molar-refractivity contribution < 1.29 is 14.3 Å². The van der Waals surface area contributed by atoms with Crippen molar-refractivity contribution in [2.24, 2.45) is 5.92 Å². The zero-order valence-electron chi connectivity index (χ0n) is 15.4. The van der Waals surface area contributed by atoms with E-state index in [9.17, 15) is 14.4 Å². The van der Waals surface area contributed by atoms with E-state index in [1.165, 1.54) is 13.2 Å². The molecule has 0 fully saturated rings. The molecule has 1 atom stereocenters. The number of halogens is 1. The number of hydrogen-bond acceptors (Lipinski definition) is 5. The minimum Gasteiger partial charge on any atom is -0.467 e. The van der Waals surface area contributed by atoms with Gasteiger partial charge in [-0.15, -0.1) is 0 Å². The van der Waals surface area contributed by atoms with Crippen molar-refractivity contribution in [1.82, 2.24) is 15.1 Å². The van der Waals surface area contributed by atoms with Crippen LogP contribution < -0.4 is 10.9 Å². The molecule has 0 saturated carbocycles. The number of carbonyl (C=O) groups is 2. The van der Waals surface area contributed by atoms with Gasteiger partial charge in [-0.25, -0.2) is 9.48 Å². The Morgan fingerprint density at radius 3 is 2.56 bits per heavy atom. The van der Waals surface area contributed by atoms with Crippen molar-refractivity contribution >= 4 is 23.5 Å². The molecule has 144 valence electrons. The third-order valence-electron chi connectivity index (χ3n) is 3.84. The first-order valence-corrected chi connectivity index (χ1v) is 8.90. The van der Waals surface area contributed by atoms with Crippen molar-refractivity contribution in [2.45, 2.75) is 32.9 Å². The Bertz CT molecular complexity index is 879. The van der Waals surface area contributed by atoms with E-state index in [1.807, 2.05) is 13.8 Å². The molecule has 8 heteroatoms. The summed E-state index contributed by atoms with van der Waals surface area (Å²) in [6, 6.07) is 9.18. The second-order valence-electron chi connectivity index (χ2n) is 6.47. The van der Waals surface area contributed by atoms with Gasteiger partial charge < -0.3 is 10.1 Å². The standard InChI is InChI=1S/C19H22ClN3O4/c1-12(2)10-16(19(26)27-3)21-17(24)11-23-18(25)9-8-15(22-23)13-6-4-5-7-14(13)20/h4-9,12,16H,10-11H2,1-3H3,(H,21,24)/t16-/m0/s1. The first-order chi connectivity index (χ1) is 12.8. The predicted octanol–water partition coefficient (Wildman–Crippen LogP) is 2.27. The fourth-order valence-electron chi connectivity index (χ4n) is 2.58. The van der Waals surface area contributed by atoms with Crippen molar-refractivity contribution in [2.75, 3.05) is 7.11 Å². The summed E-state index contributed by atoms with van der Waals surface area (Å²) in [5, 5.41) is 7.31. The number of nitrogens with one attached hydrogen (secondary N) is 1. The summed E-state index contributed by atoms with van der Waals surface area (Å²) in [5.41, 5.74) is 0.694. The molecule has 1 amide bonds. The number of methoxy groups -OCH3 is 1. The van der Waals surface area contributed by atoms with Gasteiger partial charge in [-0.3, -0.25) is 9.59 Å². The normalized spacial score (nSPS) is 11.9. The molecule has 0 bridgehead atoms. The summed E-state index contributed by atoms with van der Waals surface area (Å²) < 4.78 is 5.77. The van der Waals surface area contributed by atoms with Crippen LogP contribution in [0.1, 0.15) is 20.3 Å². The summed E-state index contributed by atoms with van der Waals surface area (Å²) in [6.45, 7) is 3.55. The average molecular weight is 392 g/mol. The lowest BCUT2D eigenvalue weighted by atomic mass is 10.0. The minimum absolute atomic E-state index is 0.179. The number of esters is 1. The number of nitrogens with zero attached hydrogens (tertiary/aromatic N) is 2. The van der Waals surface area contributed by atoms with E-state index in [-0.39, 0.29) is 12.5 Å². The van der Waals surface area contributed by atoms with E-state index in [1.54, 1.807) is 30.3 Å². The number of rotatable bonds is 7. The third kappa shape index (κ3) is 5.65. The van der Waals surface area contributed by atoms with Crippen LogP contribution in [-0.2, 0) is 20.9 Å². The molecule has 2 rings (SSSR count). The molecular formula is C19H22ClN3O4. The van der Waals surface area contributed by atoms with E-state index in [4.69, 9.17) is 16.3 Å². The Kier molecular flexibility index (Phi) is 7.12. The van der Waals surface area contributed by atoms with Crippen LogP contribution in [0, 0.1) is 5.92 Å². The molecule has 1 heterocycles. The van der Waals surface area contributed by atoms with Crippen LogP contribution in [0.5, 0.6) is 0 Å². The molecule has 0 aliphatic heterocycles. The summed E-state index contributed by atoms with van der Waals surface area (Å²) in [4.78, 5) is 36.3. The average Bonchev–Trinajstić information content (AvgIpc) is 2.62. The van der Waals surface area contributed by atoms with Crippen LogP contribution in [0.15, 0.2) is 41.2 Å². The van der Waals surface area contributed by atoms with Crippen molar-refractivity contribution in [3.8, 4) is 11.3 Å². The highest BCUT2D eigenvalue weighted by atomic mass is 35.5. The fraction of sp³-hybridized carbons (Fsp3) is 0.368. The first kappa shape index (κ1) is 20.6. The topological polar surface area (TPSA) is 90.3 Å². The maximum atomic E-state index is 12.3. The van der Waals surface area contributed by atoms with E-state index in [0.29, 0.717) is 22.7 Å². The van der Waals surface area contributed by atoms with Gasteiger partial charge in [0.1, 0.15) is 12.6 Å². The largest absolute Gasteiger partial charge is 0.467 e. The highest BCUT2D eigenvalue weighted by Gasteiger charge is 2.23. The van der Waals surface area contributed by atoms with Crippen LogP contribution in [0.4, 0.5) is 0 Å². The molecule has 0 saturated heterocycles. The number of hydrogen-bond donors (Lipinski definition) is 1. The monoisotopic (exact) mass is 391 g/mol. The minimum atomic E-state index is -0.773. The molecule has 0 unspecified atom stereocenters. The molecule has 0 spiro atoms. The Hall–Kier alpha value is -2.67. The summed E-state index contributed by atoms with van der Waals surface area (Å²) in [7, 11) is 1.26. The van der Waals surface area contributed by atoms with Crippen molar-refractivity contribution in [3.63, 3.8) is 0 Å². The second kappa shape index (κ2) is 9.32. The predicted molar refractivity (Wildman–Crippen MR) is 102 cm³/mol. The van der Waals surface area contributed by atoms with Gasteiger partial charge in [-0.05, 0) is 24.5 Å². The number of carbonyl (C=O) groups excluding carboxylic acids is 2. The zero-order valence-corrected chi connectivity index (χ0v) is 16.2. The highest BCUT2D eigenvalue weighted by Crippen LogP contribution is 2.24. The molecule has 1 aromatic heterocycles. The summed E-state index contributed by atoms with van der Waals surface area (Å²) in [6.07, 6.45) is 0.431. The molecule has 2 aromatic rings. The Morgan fingerprint density at radius 2 is 1.93 bits per heavy atom. The van der Waals surface area contributed by atoms with Crippen molar-refractivity contribution in [3.05, 3.63) is 51.8 Å². The smallest absolute Gasteiger partial charge is 0.328 e. The van der Waals surface area contributed by atoms with Gasteiger partial charge in [0.25, 0.3) is 5.56 Å². The molecule has 1 aromatic carbocycles. The molecule has 1 N–H and O–H groups in total. The second-order valence-corrected chi connectivity index (χ2v) is 6.87. The number of benzene rings is 1. The third-order valence-corrected chi connectivity index (χ3v) is 4.17. The Morgan fingerprint density at radius 1 is 1.22 bits per heavy atom. The molecule has 7 nitrogen and oxygen atoms in total. The number of amides is 1. The lowest BCUT2D eigenvalue weighted by molar-refractivity contribution is -0.145. The summed E-state index contributed by atoms with van der Waals surface area (Å²) >= 11 is 6.17. The van der Waals surface area contributed by atoms with E-state index >= 15 is 0 Å². The van der Waals surface area contributed by atoms with Crippen LogP contribution >= 0.6 is 11.6 Å². The Balaban J connectivity index is 2.20. The van der Waals surface area contributed by atoms with E-state index in [2.05, 4.69) is 10.4 Å². The summed E-state index contributed by atoms with van der Waals surface area (Å²) in [5.74, 6) is -0.849. The molecule has 0 radical (unpaired) electrons. The van der Waals surface area contributed by atoms with Crippen molar-refractivity contribution in [1.29, 1.82) is 0 Å². The lowest BCUT2D eigenvalue weighted by Crippen LogP contribution is -2.44. The van der Waals surface area contributed by atoms with Gasteiger partial charge >= 0.3 is 5.97 Å². The van der Waals surface area contributed by atoms with Gasteiger partial charge in [0, 0.05) is 11.6 Å². The van der Waals surface area contributed by atoms with E-state index < -0.39 is 23.5 Å². The van der Waals surface area contributed by atoms with Gasteiger partial charge in [-0.1, -0.05) is 43.6 Å². The maximum absolute atomic E-state index is 12.3. The van der Waals surface area contributed by atoms with Gasteiger partial charge in [0.15, 0.2) is 0 Å². The molecular weight excluding hydrogens is 370 g/mol. The first-order valence-electron chi connectivity index (χ1n) is 8.52. The molecule has 27 heavy (non-hydrogen) atoms. The Labute approximate surface area is 162 Å².